The van der Waals surface area contributed by atoms with Gasteiger partial charge in [-0.15, -0.1) is 6.42 Å². The molecular weight excluding hydrogens is 104 g/mol. The molecule has 0 unspecified atom stereocenters. The standard InChI is InChI=1S/C6H8O2/c1-2-6-3-7-5-8-4-6/h1,6H,3-5H2. The summed E-state index contributed by atoms with van der Waals surface area (Å²) in [5, 5.41) is 0. The van der Waals surface area contributed by atoms with Gasteiger partial charge >= 0.3 is 0 Å². The fourth-order valence-corrected chi connectivity index (χ4v) is 0.584. The van der Waals surface area contributed by atoms with Gasteiger partial charge in [-0.05, 0) is 0 Å². The van der Waals surface area contributed by atoms with Crippen LogP contribution in [0.2, 0.25) is 0 Å². The van der Waals surface area contributed by atoms with Crippen molar-refractivity contribution in [2.24, 2.45) is 5.92 Å². The average molecular weight is 112 g/mol. The molecule has 44 valence electrons. The largest absolute Gasteiger partial charge is 0.354 e. The molecule has 2 nitrogen and oxygen atoms in total. The Balaban J connectivity index is 2.25. The fraction of sp³-hybridized carbons (Fsp3) is 0.667. The fourth-order valence-electron chi connectivity index (χ4n) is 0.584. The van der Waals surface area contributed by atoms with Crippen LogP contribution in [0.3, 0.4) is 0 Å². The molecule has 0 saturated carbocycles. The maximum atomic E-state index is 5.09. The van der Waals surface area contributed by atoms with Gasteiger partial charge in [-0.25, -0.2) is 0 Å². The van der Waals surface area contributed by atoms with Crippen LogP contribution < -0.4 is 0 Å². The molecule has 1 aliphatic heterocycles. The Morgan fingerprint density at radius 3 is 2.38 bits per heavy atom. The molecular formula is C6H8O2. The van der Waals surface area contributed by atoms with Crippen LogP contribution in [0.5, 0.6) is 0 Å². The Morgan fingerprint density at radius 2 is 2.00 bits per heavy atom. The first kappa shape index (κ1) is 5.61. The molecule has 0 aliphatic carbocycles. The summed E-state index contributed by atoms with van der Waals surface area (Å²) in [6.07, 6.45) is 5.09. The van der Waals surface area contributed by atoms with E-state index in [-0.39, 0.29) is 5.92 Å². The van der Waals surface area contributed by atoms with Crippen LogP contribution in [0.4, 0.5) is 0 Å². The van der Waals surface area contributed by atoms with Gasteiger partial charge in [0.15, 0.2) is 0 Å². The van der Waals surface area contributed by atoms with E-state index in [0.29, 0.717) is 20.0 Å². The highest BCUT2D eigenvalue weighted by molar-refractivity contribution is 4.93. The molecule has 0 spiro atoms. The van der Waals surface area contributed by atoms with Crippen LogP contribution in [-0.4, -0.2) is 20.0 Å². The van der Waals surface area contributed by atoms with Gasteiger partial charge in [0.2, 0.25) is 0 Å². The van der Waals surface area contributed by atoms with Crippen LogP contribution in [0.1, 0.15) is 0 Å². The monoisotopic (exact) mass is 112 g/mol. The summed E-state index contributed by atoms with van der Waals surface area (Å²) >= 11 is 0. The van der Waals surface area contributed by atoms with E-state index in [1.807, 2.05) is 0 Å². The number of rotatable bonds is 0. The first-order chi connectivity index (χ1) is 3.93. The van der Waals surface area contributed by atoms with Crippen molar-refractivity contribution in [3.8, 4) is 12.3 Å². The van der Waals surface area contributed by atoms with E-state index in [9.17, 15) is 0 Å². The zero-order chi connectivity index (χ0) is 5.82. The summed E-state index contributed by atoms with van der Waals surface area (Å²) in [4.78, 5) is 0. The summed E-state index contributed by atoms with van der Waals surface area (Å²) in [5.74, 6) is 2.72. The van der Waals surface area contributed by atoms with Gasteiger partial charge in [-0.3, -0.25) is 0 Å². The van der Waals surface area contributed by atoms with Crippen molar-refractivity contribution in [2.45, 2.75) is 0 Å². The minimum atomic E-state index is 0.170. The van der Waals surface area contributed by atoms with E-state index in [4.69, 9.17) is 15.9 Å². The van der Waals surface area contributed by atoms with Gasteiger partial charge in [-0.2, -0.15) is 0 Å². The predicted octanol–water partition coefficient (Wildman–Crippen LogP) is 0.240. The highest BCUT2D eigenvalue weighted by atomic mass is 16.7. The zero-order valence-corrected chi connectivity index (χ0v) is 4.59. The molecule has 0 amide bonds. The topological polar surface area (TPSA) is 18.5 Å². The van der Waals surface area contributed by atoms with Crippen LogP contribution in [0, 0.1) is 18.3 Å². The number of terminal acetylenes is 1. The smallest absolute Gasteiger partial charge is 0.146 e. The van der Waals surface area contributed by atoms with Crippen molar-refractivity contribution >= 4 is 0 Å². The van der Waals surface area contributed by atoms with E-state index < -0.39 is 0 Å². The Kier molecular flexibility index (Phi) is 1.90. The lowest BCUT2D eigenvalue weighted by Crippen LogP contribution is -2.22. The number of hydrogen-bond acceptors (Lipinski definition) is 2. The molecule has 1 saturated heterocycles. The van der Waals surface area contributed by atoms with Crippen molar-refractivity contribution in [1.82, 2.24) is 0 Å². The second kappa shape index (κ2) is 2.71. The van der Waals surface area contributed by atoms with Crippen molar-refractivity contribution in [3.05, 3.63) is 0 Å². The summed E-state index contributed by atoms with van der Waals surface area (Å²) < 4.78 is 9.82. The van der Waals surface area contributed by atoms with Crippen molar-refractivity contribution < 1.29 is 9.47 Å². The molecule has 0 bridgehead atoms. The zero-order valence-electron chi connectivity index (χ0n) is 4.59. The number of ether oxygens (including phenoxy) is 2. The quantitative estimate of drug-likeness (QED) is 0.418. The molecule has 1 aliphatic rings. The van der Waals surface area contributed by atoms with Gasteiger partial charge < -0.3 is 9.47 Å². The molecule has 0 radical (unpaired) electrons. The lowest BCUT2D eigenvalue weighted by Gasteiger charge is -2.16. The Labute approximate surface area is 48.8 Å². The van der Waals surface area contributed by atoms with E-state index in [0.717, 1.165) is 0 Å². The van der Waals surface area contributed by atoms with Gasteiger partial charge in [0.05, 0.1) is 19.1 Å². The van der Waals surface area contributed by atoms with Crippen LogP contribution >= 0.6 is 0 Å². The molecule has 0 aromatic heterocycles. The summed E-state index contributed by atoms with van der Waals surface area (Å²) in [6, 6.07) is 0. The molecule has 2 heteroatoms. The van der Waals surface area contributed by atoms with Crippen molar-refractivity contribution in [1.29, 1.82) is 0 Å². The third kappa shape index (κ3) is 1.22. The second-order valence-corrected chi connectivity index (χ2v) is 1.72. The predicted molar refractivity (Wildman–Crippen MR) is 29.1 cm³/mol. The first-order valence-electron chi connectivity index (χ1n) is 2.55. The molecule has 0 N–H and O–H groups in total. The molecule has 8 heavy (non-hydrogen) atoms. The van der Waals surface area contributed by atoms with Crippen LogP contribution in [0.25, 0.3) is 0 Å². The van der Waals surface area contributed by atoms with Gasteiger partial charge in [-0.1, -0.05) is 5.92 Å². The molecule has 1 heterocycles. The van der Waals surface area contributed by atoms with E-state index in [1.54, 1.807) is 0 Å². The Bertz CT molecular complexity index is 97.6. The maximum Gasteiger partial charge on any atom is 0.146 e. The van der Waals surface area contributed by atoms with Gasteiger partial charge in [0, 0.05) is 0 Å². The minimum Gasteiger partial charge on any atom is -0.354 e. The van der Waals surface area contributed by atoms with Gasteiger partial charge in [0.1, 0.15) is 6.79 Å². The normalized spacial score (nSPS) is 22.4. The summed E-state index contributed by atoms with van der Waals surface area (Å²) in [6.45, 7) is 1.70. The summed E-state index contributed by atoms with van der Waals surface area (Å²) in [7, 11) is 0. The SMILES string of the molecule is C#CC1COCOC1. The Morgan fingerprint density at radius 1 is 1.38 bits per heavy atom. The van der Waals surface area contributed by atoms with Crippen molar-refractivity contribution in [3.63, 3.8) is 0 Å². The minimum absolute atomic E-state index is 0.170. The molecule has 0 aromatic rings. The lowest BCUT2D eigenvalue weighted by atomic mass is 10.2. The Hall–Kier alpha value is -0.520. The summed E-state index contributed by atoms with van der Waals surface area (Å²) in [5.41, 5.74) is 0. The highest BCUT2D eigenvalue weighted by Gasteiger charge is 2.09. The van der Waals surface area contributed by atoms with Gasteiger partial charge in [0.25, 0.3) is 0 Å². The van der Waals surface area contributed by atoms with E-state index >= 15 is 0 Å². The lowest BCUT2D eigenvalue weighted by molar-refractivity contribution is -0.113. The molecule has 0 aromatic carbocycles. The third-order valence-electron chi connectivity index (χ3n) is 1.04. The van der Waals surface area contributed by atoms with Crippen LogP contribution in [0.15, 0.2) is 0 Å². The second-order valence-electron chi connectivity index (χ2n) is 1.72. The molecule has 1 rings (SSSR count). The van der Waals surface area contributed by atoms with E-state index in [2.05, 4.69) is 5.92 Å². The van der Waals surface area contributed by atoms with E-state index in [1.165, 1.54) is 0 Å². The highest BCUT2D eigenvalue weighted by Crippen LogP contribution is 2.01. The third-order valence-corrected chi connectivity index (χ3v) is 1.04. The molecule has 0 atom stereocenters. The van der Waals surface area contributed by atoms with Crippen molar-refractivity contribution in [2.75, 3.05) is 20.0 Å². The first-order valence-corrected chi connectivity index (χ1v) is 2.55. The van der Waals surface area contributed by atoms with Crippen LogP contribution in [-0.2, 0) is 9.47 Å². The molecule has 1 fully saturated rings. The average Bonchev–Trinajstić information content (AvgIpc) is 1.90. The number of hydrogen-bond donors (Lipinski definition) is 0. The maximum absolute atomic E-state index is 5.09.